The van der Waals surface area contributed by atoms with Crippen LogP contribution in [0.15, 0.2) is 65.9 Å². The lowest BCUT2D eigenvalue weighted by Crippen LogP contribution is -1.98. The Hall–Kier alpha value is -2.52. The van der Waals surface area contributed by atoms with Gasteiger partial charge in [-0.1, -0.05) is 24.3 Å². The van der Waals surface area contributed by atoms with Crippen molar-refractivity contribution in [3.8, 4) is 11.5 Å². The molecule has 0 amide bonds. The number of ether oxygens (including phenoxy) is 1. The summed E-state index contributed by atoms with van der Waals surface area (Å²) in [4.78, 5) is 0. The van der Waals surface area contributed by atoms with Crippen LogP contribution in [0.25, 0.3) is 0 Å². The van der Waals surface area contributed by atoms with Gasteiger partial charge in [0.15, 0.2) is 0 Å². The highest BCUT2D eigenvalue weighted by atomic mass is 16.5. The van der Waals surface area contributed by atoms with E-state index < -0.39 is 12.2 Å². The predicted molar refractivity (Wildman–Crippen MR) is 97.5 cm³/mol. The summed E-state index contributed by atoms with van der Waals surface area (Å²) in [7, 11) is 1.61. The number of hydrogen-bond donors (Lipinski definition) is 3. The lowest BCUT2D eigenvalue weighted by molar-refractivity contribution is 0.178. The molecule has 0 spiro atoms. The second-order valence-corrected chi connectivity index (χ2v) is 5.96. The van der Waals surface area contributed by atoms with E-state index in [2.05, 4.69) is 5.73 Å². The first-order chi connectivity index (χ1) is 12.0. The van der Waals surface area contributed by atoms with Crippen molar-refractivity contribution in [2.45, 2.75) is 32.0 Å². The Labute approximate surface area is 148 Å². The van der Waals surface area contributed by atoms with Gasteiger partial charge in [-0.25, -0.2) is 0 Å². The quantitative estimate of drug-likeness (QED) is 0.665. The molecule has 2 aromatic carbocycles. The first-order valence-electron chi connectivity index (χ1n) is 8.19. The van der Waals surface area contributed by atoms with E-state index in [1.54, 1.807) is 37.5 Å². The van der Waals surface area contributed by atoms with Gasteiger partial charge in [-0.15, -0.1) is 5.73 Å². The normalized spacial score (nSPS) is 12.8. The Morgan fingerprint density at radius 3 is 2.16 bits per heavy atom. The van der Waals surface area contributed by atoms with Crippen LogP contribution in [0.1, 0.15) is 43.1 Å². The maximum atomic E-state index is 10.3. The maximum absolute atomic E-state index is 10.3. The Morgan fingerprint density at radius 1 is 1.00 bits per heavy atom. The van der Waals surface area contributed by atoms with Crippen LogP contribution in [0.4, 0.5) is 0 Å². The van der Waals surface area contributed by atoms with Crippen molar-refractivity contribution in [1.29, 1.82) is 0 Å². The van der Waals surface area contributed by atoms with Gasteiger partial charge in [-0.2, -0.15) is 0 Å². The van der Waals surface area contributed by atoms with Crippen LogP contribution in [-0.2, 0) is 0 Å². The van der Waals surface area contributed by atoms with Crippen molar-refractivity contribution < 1.29 is 20.1 Å². The summed E-state index contributed by atoms with van der Waals surface area (Å²) < 4.78 is 5.11. The number of hydrogen-bond acceptors (Lipinski definition) is 4. The van der Waals surface area contributed by atoms with Crippen LogP contribution in [0.2, 0.25) is 0 Å². The standard InChI is InChI=1S/C21H24O4/c1-15(14-21(24)17-8-12-19(25-2)13-9-17)4-3-5-20(23)16-6-10-18(22)11-7-16/h3,6-13,20-24H,5,14H2,1-2H3/t4?,20-,21-/m1/s1. The molecule has 2 rings (SSSR count). The fourth-order valence-electron chi connectivity index (χ4n) is 2.47. The number of aliphatic hydroxyl groups is 2. The molecule has 4 heteroatoms. The lowest BCUT2D eigenvalue weighted by Gasteiger charge is -2.11. The Bertz CT molecular complexity index is 725. The summed E-state index contributed by atoms with van der Waals surface area (Å²) in [5.74, 6) is 0.932. The average molecular weight is 340 g/mol. The maximum Gasteiger partial charge on any atom is 0.118 e. The van der Waals surface area contributed by atoms with Crippen LogP contribution in [-0.4, -0.2) is 22.4 Å². The van der Waals surface area contributed by atoms with E-state index in [-0.39, 0.29) is 5.75 Å². The van der Waals surface area contributed by atoms with E-state index in [0.29, 0.717) is 12.8 Å². The van der Waals surface area contributed by atoms with Gasteiger partial charge in [-0.05, 0) is 54.0 Å². The van der Waals surface area contributed by atoms with E-state index in [1.807, 2.05) is 31.2 Å². The lowest BCUT2D eigenvalue weighted by atomic mass is 10.0. The summed E-state index contributed by atoms with van der Waals surface area (Å²) in [5, 5.41) is 29.6. The van der Waals surface area contributed by atoms with Crippen molar-refractivity contribution in [3.05, 3.63) is 77.0 Å². The van der Waals surface area contributed by atoms with Crippen LogP contribution in [0.5, 0.6) is 11.5 Å². The smallest absolute Gasteiger partial charge is 0.118 e. The largest absolute Gasteiger partial charge is 0.508 e. The summed E-state index contributed by atoms with van der Waals surface area (Å²) in [6.07, 6.45) is 1.41. The van der Waals surface area contributed by atoms with Crippen LogP contribution in [0, 0.1) is 0 Å². The molecule has 0 heterocycles. The third-order valence-corrected chi connectivity index (χ3v) is 3.97. The fraction of sp³-hybridized carbons (Fsp3) is 0.286. The summed E-state index contributed by atoms with van der Waals surface area (Å²) >= 11 is 0. The zero-order valence-corrected chi connectivity index (χ0v) is 14.5. The third-order valence-electron chi connectivity index (χ3n) is 3.97. The highest BCUT2D eigenvalue weighted by Crippen LogP contribution is 2.23. The molecule has 0 aliphatic rings. The fourth-order valence-corrected chi connectivity index (χ4v) is 2.47. The second-order valence-electron chi connectivity index (χ2n) is 5.96. The number of rotatable bonds is 7. The van der Waals surface area contributed by atoms with E-state index in [9.17, 15) is 15.3 Å². The molecule has 0 fully saturated rings. The molecular weight excluding hydrogens is 316 g/mol. The second kappa shape index (κ2) is 9.09. The summed E-state index contributed by atoms with van der Waals surface area (Å²) in [5.41, 5.74) is 5.59. The van der Waals surface area contributed by atoms with Gasteiger partial charge in [0.25, 0.3) is 0 Å². The summed E-state index contributed by atoms with van der Waals surface area (Å²) in [6, 6.07) is 13.8. The van der Waals surface area contributed by atoms with Gasteiger partial charge < -0.3 is 20.1 Å². The van der Waals surface area contributed by atoms with Gasteiger partial charge in [0.05, 0.1) is 19.3 Å². The molecule has 2 aromatic rings. The monoisotopic (exact) mass is 340 g/mol. The molecule has 132 valence electrons. The number of aliphatic hydroxyl groups excluding tert-OH is 2. The van der Waals surface area contributed by atoms with Crippen LogP contribution in [0.3, 0.4) is 0 Å². The highest BCUT2D eigenvalue weighted by molar-refractivity contribution is 5.29. The molecule has 25 heavy (non-hydrogen) atoms. The zero-order valence-electron chi connectivity index (χ0n) is 14.5. The zero-order chi connectivity index (χ0) is 18.2. The minimum atomic E-state index is -0.646. The number of methoxy groups -OCH3 is 1. The molecule has 0 radical (unpaired) electrons. The van der Waals surface area contributed by atoms with Crippen LogP contribution < -0.4 is 4.74 Å². The average Bonchev–Trinajstić information content (AvgIpc) is 2.62. The van der Waals surface area contributed by atoms with E-state index in [4.69, 9.17) is 4.74 Å². The van der Waals surface area contributed by atoms with Crippen molar-refractivity contribution in [2.24, 2.45) is 0 Å². The molecular formula is C21H24O4. The molecule has 3 N–H and O–H groups in total. The number of phenols is 1. The van der Waals surface area contributed by atoms with Crippen molar-refractivity contribution in [2.75, 3.05) is 7.11 Å². The molecule has 0 saturated heterocycles. The van der Waals surface area contributed by atoms with Crippen LogP contribution >= 0.6 is 0 Å². The third kappa shape index (κ3) is 5.80. The first-order valence-corrected chi connectivity index (χ1v) is 8.19. The topological polar surface area (TPSA) is 69.9 Å². The van der Waals surface area contributed by atoms with Crippen molar-refractivity contribution >= 4 is 0 Å². The molecule has 0 aliphatic heterocycles. The van der Waals surface area contributed by atoms with Gasteiger partial charge in [0.1, 0.15) is 11.5 Å². The number of benzene rings is 2. The van der Waals surface area contributed by atoms with Gasteiger partial charge in [-0.3, -0.25) is 0 Å². The molecule has 2 atom stereocenters. The van der Waals surface area contributed by atoms with E-state index in [1.165, 1.54) is 0 Å². The predicted octanol–water partition coefficient (Wildman–Crippen LogP) is 4.05. The van der Waals surface area contributed by atoms with Gasteiger partial charge >= 0.3 is 0 Å². The Morgan fingerprint density at radius 2 is 1.56 bits per heavy atom. The minimum Gasteiger partial charge on any atom is -0.508 e. The Kier molecular flexibility index (Phi) is 6.84. The molecule has 0 aromatic heterocycles. The van der Waals surface area contributed by atoms with Crippen molar-refractivity contribution in [3.63, 3.8) is 0 Å². The van der Waals surface area contributed by atoms with E-state index >= 15 is 0 Å². The molecule has 0 saturated carbocycles. The number of aromatic hydroxyl groups is 1. The van der Waals surface area contributed by atoms with E-state index in [0.717, 1.165) is 22.4 Å². The number of phenolic OH excluding ortho intramolecular Hbond substituents is 1. The molecule has 0 aliphatic carbocycles. The molecule has 0 unspecified atom stereocenters. The first kappa shape index (κ1) is 18.8. The molecule has 0 bridgehead atoms. The summed E-state index contributed by atoms with van der Waals surface area (Å²) in [6.45, 7) is 1.90. The SMILES string of the molecule is COc1ccc([C@H](O)CC(C)=C=CC[C@@H](O)c2ccc(O)cc2)cc1. The minimum absolute atomic E-state index is 0.176. The van der Waals surface area contributed by atoms with Gasteiger partial charge in [0, 0.05) is 12.8 Å². The highest BCUT2D eigenvalue weighted by Gasteiger charge is 2.08. The van der Waals surface area contributed by atoms with Crippen molar-refractivity contribution in [1.82, 2.24) is 0 Å². The Balaban J connectivity index is 1.92. The van der Waals surface area contributed by atoms with Gasteiger partial charge in [0.2, 0.25) is 0 Å². The molecule has 4 nitrogen and oxygen atoms in total.